The van der Waals surface area contributed by atoms with Gasteiger partial charge in [0.2, 0.25) is 0 Å². The SMILES string of the molecule is Cc1cc(C)cc(OCCN(C)Cc2nnsc2Cl)c1. The van der Waals surface area contributed by atoms with Crippen molar-refractivity contribution in [3.8, 4) is 5.75 Å². The summed E-state index contributed by atoms with van der Waals surface area (Å²) >= 11 is 7.20. The summed E-state index contributed by atoms with van der Waals surface area (Å²) in [5.74, 6) is 0.921. The summed E-state index contributed by atoms with van der Waals surface area (Å²) in [6.07, 6.45) is 0. The van der Waals surface area contributed by atoms with Gasteiger partial charge in [-0.2, -0.15) is 0 Å². The summed E-state index contributed by atoms with van der Waals surface area (Å²) in [6, 6.07) is 6.23. The third-order valence-corrected chi connectivity index (χ3v) is 3.85. The van der Waals surface area contributed by atoms with Crippen molar-refractivity contribution in [1.29, 1.82) is 0 Å². The molecule has 6 heteroatoms. The number of halogens is 1. The topological polar surface area (TPSA) is 38.2 Å². The average Bonchev–Trinajstić information content (AvgIpc) is 2.73. The second kappa shape index (κ2) is 7.02. The van der Waals surface area contributed by atoms with E-state index < -0.39 is 0 Å². The van der Waals surface area contributed by atoms with Gasteiger partial charge in [-0.1, -0.05) is 22.2 Å². The highest BCUT2D eigenvalue weighted by Gasteiger charge is 2.08. The van der Waals surface area contributed by atoms with Crippen molar-refractivity contribution in [2.45, 2.75) is 20.4 Å². The van der Waals surface area contributed by atoms with Gasteiger partial charge in [0.05, 0.1) is 0 Å². The molecule has 0 unspecified atom stereocenters. The predicted octanol–water partition coefficient (Wildman–Crippen LogP) is 3.32. The normalized spacial score (nSPS) is 11.1. The lowest BCUT2D eigenvalue weighted by Crippen LogP contribution is -2.24. The molecule has 0 saturated carbocycles. The fraction of sp³-hybridized carbons (Fsp3) is 0.429. The highest BCUT2D eigenvalue weighted by Crippen LogP contribution is 2.18. The molecular weight excluding hydrogens is 294 g/mol. The van der Waals surface area contributed by atoms with Crippen LogP contribution in [0.1, 0.15) is 16.8 Å². The Morgan fingerprint density at radius 3 is 2.55 bits per heavy atom. The molecule has 0 aliphatic carbocycles. The van der Waals surface area contributed by atoms with Gasteiger partial charge in [-0.15, -0.1) is 5.10 Å². The van der Waals surface area contributed by atoms with Gasteiger partial charge in [-0.05, 0) is 44.2 Å². The molecule has 0 amide bonds. The summed E-state index contributed by atoms with van der Waals surface area (Å²) in [5, 5.41) is 4.00. The second-order valence-electron chi connectivity index (χ2n) is 4.90. The maximum atomic E-state index is 5.98. The van der Waals surface area contributed by atoms with Crippen LogP contribution in [0.15, 0.2) is 18.2 Å². The molecule has 4 nitrogen and oxygen atoms in total. The number of likely N-dealkylation sites (N-methyl/N-ethyl adjacent to an activating group) is 1. The Morgan fingerprint density at radius 1 is 1.25 bits per heavy atom. The Kier molecular flexibility index (Phi) is 5.34. The van der Waals surface area contributed by atoms with Crippen LogP contribution >= 0.6 is 23.1 Å². The summed E-state index contributed by atoms with van der Waals surface area (Å²) in [5.41, 5.74) is 3.26. The zero-order valence-corrected chi connectivity index (χ0v) is 13.5. The molecule has 2 rings (SSSR count). The van der Waals surface area contributed by atoms with E-state index in [0.29, 0.717) is 17.5 Å². The molecule has 2 aromatic rings. The van der Waals surface area contributed by atoms with Crippen molar-refractivity contribution in [1.82, 2.24) is 14.5 Å². The van der Waals surface area contributed by atoms with E-state index in [4.69, 9.17) is 16.3 Å². The molecule has 0 radical (unpaired) electrons. The van der Waals surface area contributed by atoms with Gasteiger partial charge >= 0.3 is 0 Å². The predicted molar refractivity (Wildman–Crippen MR) is 82.7 cm³/mol. The Balaban J connectivity index is 1.79. The minimum Gasteiger partial charge on any atom is -0.492 e. The molecule has 0 spiro atoms. The third kappa shape index (κ3) is 4.44. The van der Waals surface area contributed by atoms with Gasteiger partial charge in [0.15, 0.2) is 0 Å². The first-order valence-electron chi connectivity index (χ1n) is 6.41. The fourth-order valence-corrected chi connectivity index (χ4v) is 2.57. The standard InChI is InChI=1S/C14H18ClN3OS/c1-10-6-11(2)8-12(7-10)19-5-4-18(3)9-13-14(15)20-17-16-13/h6-8H,4-5,9H2,1-3H3. The van der Waals surface area contributed by atoms with Crippen LogP contribution in [0.25, 0.3) is 0 Å². The molecule has 0 saturated heterocycles. The summed E-state index contributed by atoms with van der Waals surface area (Å²) in [6.45, 7) is 6.27. The Bertz CT molecular complexity index is 553. The fourth-order valence-electron chi connectivity index (χ4n) is 1.96. The van der Waals surface area contributed by atoms with Crippen molar-refractivity contribution in [2.75, 3.05) is 20.2 Å². The molecule has 0 N–H and O–H groups in total. The minimum absolute atomic E-state index is 0.634. The van der Waals surface area contributed by atoms with Crippen LogP contribution in [0.2, 0.25) is 4.34 Å². The first kappa shape index (κ1) is 15.2. The number of ether oxygens (including phenoxy) is 1. The van der Waals surface area contributed by atoms with Crippen LogP contribution in [0.5, 0.6) is 5.75 Å². The van der Waals surface area contributed by atoms with Crippen LogP contribution in [-0.4, -0.2) is 34.7 Å². The number of hydrogen-bond donors (Lipinski definition) is 0. The van der Waals surface area contributed by atoms with E-state index in [1.807, 2.05) is 19.2 Å². The second-order valence-corrected chi connectivity index (χ2v) is 6.26. The summed E-state index contributed by atoms with van der Waals surface area (Å²) in [7, 11) is 2.01. The van der Waals surface area contributed by atoms with Crippen molar-refractivity contribution in [3.63, 3.8) is 0 Å². The Morgan fingerprint density at radius 2 is 1.95 bits per heavy atom. The number of benzene rings is 1. The zero-order chi connectivity index (χ0) is 14.5. The molecular formula is C14H18ClN3OS. The third-order valence-electron chi connectivity index (χ3n) is 2.87. The summed E-state index contributed by atoms with van der Waals surface area (Å²) in [4.78, 5) is 2.12. The lowest BCUT2D eigenvalue weighted by Gasteiger charge is -2.16. The Labute approximate surface area is 128 Å². The molecule has 0 aliphatic heterocycles. The number of aryl methyl sites for hydroxylation is 2. The van der Waals surface area contributed by atoms with Gasteiger partial charge < -0.3 is 4.74 Å². The van der Waals surface area contributed by atoms with Crippen LogP contribution in [0.3, 0.4) is 0 Å². The lowest BCUT2D eigenvalue weighted by atomic mass is 10.1. The molecule has 108 valence electrons. The smallest absolute Gasteiger partial charge is 0.138 e. The van der Waals surface area contributed by atoms with E-state index >= 15 is 0 Å². The zero-order valence-electron chi connectivity index (χ0n) is 11.9. The molecule has 1 aromatic heterocycles. The molecule has 0 bridgehead atoms. The number of nitrogens with zero attached hydrogens (tertiary/aromatic N) is 3. The van der Waals surface area contributed by atoms with Crippen LogP contribution in [0, 0.1) is 13.8 Å². The van der Waals surface area contributed by atoms with Gasteiger partial charge in [-0.3, -0.25) is 4.90 Å². The molecule has 0 fully saturated rings. The molecule has 1 heterocycles. The van der Waals surface area contributed by atoms with Crippen LogP contribution in [0.4, 0.5) is 0 Å². The van der Waals surface area contributed by atoms with Crippen molar-refractivity contribution < 1.29 is 4.74 Å². The molecule has 20 heavy (non-hydrogen) atoms. The highest BCUT2D eigenvalue weighted by molar-refractivity contribution is 7.10. The maximum absolute atomic E-state index is 5.98. The first-order valence-corrected chi connectivity index (χ1v) is 7.56. The van der Waals surface area contributed by atoms with Gasteiger partial charge in [0, 0.05) is 24.6 Å². The van der Waals surface area contributed by atoms with E-state index in [1.54, 1.807) is 0 Å². The first-order chi connectivity index (χ1) is 9.54. The number of hydrogen-bond acceptors (Lipinski definition) is 5. The van der Waals surface area contributed by atoms with Crippen LogP contribution < -0.4 is 4.74 Å². The Hall–Kier alpha value is -1.17. The summed E-state index contributed by atoms with van der Waals surface area (Å²) < 4.78 is 10.3. The quantitative estimate of drug-likeness (QED) is 0.820. The molecule has 1 aromatic carbocycles. The minimum atomic E-state index is 0.634. The number of aromatic nitrogens is 2. The molecule has 0 atom stereocenters. The van der Waals surface area contributed by atoms with E-state index in [1.165, 1.54) is 22.7 Å². The molecule has 0 aliphatic rings. The van der Waals surface area contributed by atoms with Gasteiger partial charge in [0.25, 0.3) is 0 Å². The van der Waals surface area contributed by atoms with E-state index in [0.717, 1.165) is 18.0 Å². The van der Waals surface area contributed by atoms with Gasteiger partial charge in [-0.25, -0.2) is 0 Å². The highest BCUT2D eigenvalue weighted by atomic mass is 35.5. The largest absolute Gasteiger partial charge is 0.492 e. The van der Waals surface area contributed by atoms with E-state index in [2.05, 4.69) is 34.4 Å². The number of rotatable bonds is 6. The maximum Gasteiger partial charge on any atom is 0.138 e. The van der Waals surface area contributed by atoms with Gasteiger partial charge in [0.1, 0.15) is 22.4 Å². The lowest BCUT2D eigenvalue weighted by molar-refractivity contribution is 0.231. The van der Waals surface area contributed by atoms with Crippen molar-refractivity contribution >= 4 is 23.1 Å². The monoisotopic (exact) mass is 311 g/mol. The van der Waals surface area contributed by atoms with E-state index in [-0.39, 0.29) is 0 Å². The average molecular weight is 312 g/mol. The van der Waals surface area contributed by atoms with Crippen LogP contribution in [-0.2, 0) is 6.54 Å². The van der Waals surface area contributed by atoms with Crippen molar-refractivity contribution in [2.24, 2.45) is 0 Å². The van der Waals surface area contributed by atoms with Crippen molar-refractivity contribution in [3.05, 3.63) is 39.4 Å². The van der Waals surface area contributed by atoms with E-state index in [9.17, 15) is 0 Å².